The molecule has 2 saturated heterocycles. The Balaban J connectivity index is 0.920. The SMILES string of the molecule is CCC(C)n1ncn(-c2ccc(N3CCN(c4ccc(OC[C@@H]5CO[C@](Cc6ccnnc6)(c6ccc(Cl)cc6)O5)cc4)CC3)cc2)c1=O. The Labute approximate surface area is 290 Å². The smallest absolute Gasteiger partial charge is 0.350 e. The van der Waals surface area contributed by atoms with Crippen LogP contribution in [-0.2, 0) is 21.7 Å². The lowest BCUT2D eigenvalue weighted by Crippen LogP contribution is -2.46. The summed E-state index contributed by atoms with van der Waals surface area (Å²) in [5.74, 6) is -0.186. The van der Waals surface area contributed by atoms with E-state index < -0.39 is 5.79 Å². The molecule has 3 atom stereocenters. The van der Waals surface area contributed by atoms with Crippen LogP contribution in [0.1, 0.15) is 37.4 Å². The van der Waals surface area contributed by atoms with Crippen LogP contribution in [0.4, 0.5) is 11.4 Å². The molecule has 2 aromatic heterocycles. The van der Waals surface area contributed by atoms with Gasteiger partial charge in [0.25, 0.3) is 0 Å². The number of rotatable bonds is 11. The number of halogens is 1. The van der Waals surface area contributed by atoms with E-state index in [1.54, 1.807) is 28.0 Å². The standard InChI is InChI=1S/C37H40ClN7O4/c1-3-27(2)45-36(46)44(26-41-45)33-10-8-31(9-11-33)42-18-20-43(21-19-42)32-12-14-34(15-13-32)47-24-35-25-48-37(49-35,22-28-16-17-39-40-23-28)29-4-6-30(38)7-5-29/h4-17,23,26-27,35H,3,18-22,24-25H2,1-2H3/t27?,35-,37+/m1/s1. The summed E-state index contributed by atoms with van der Waals surface area (Å²) in [5.41, 5.74) is 4.86. The molecule has 254 valence electrons. The quantitative estimate of drug-likeness (QED) is 0.175. The fraction of sp³-hybridized carbons (Fsp3) is 0.351. The third kappa shape index (κ3) is 7.19. The van der Waals surface area contributed by atoms with E-state index in [1.165, 1.54) is 0 Å². The molecule has 0 N–H and O–H groups in total. The van der Waals surface area contributed by atoms with Crippen molar-refractivity contribution in [1.29, 1.82) is 0 Å². The van der Waals surface area contributed by atoms with Crippen LogP contribution < -0.4 is 20.2 Å². The Kier molecular flexibility index (Phi) is 9.65. The monoisotopic (exact) mass is 681 g/mol. The van der Waals surface area contributed by atoms with Crippen LogP contribution in [-0.4, -0.2) is 70.0 Å². The van der Waals surface area contributed by atoms with Gasteiger partial charge in [-0.15, -0.1) is 0 Å². The van der Waals surface area contributed by atoms with E-state index in [1.807, 2.05) is 61.5 Å². The number of nitrogens with zero attached hydrogens (tertiary/aromatic N) is 7. The fourth-order valence-corrected chi connectivity index (χ4v) is 6.47. The third-order valence-electron chi connectivity index (χ3n) is 9.34. The Hall–Kier alpha value is -4.71. The van der Waals surface area contributed by atoms with Crippen molar-refractivity contribution in [1.82, 2.24) is 24.5 Å². The van der Waals surface area contributed by atoms with Crippen molar-refractivity contribution in [2.24, 2.45) is 0 Å². The van der Waals surface area contributed by atoms with E-state index in [4.69, 9.17) is 25.8 Å². The lowest BCUT2D eigenvalue weighted by atomic mass is 9.98. The molecule has 2 aliphatic heterocycles. The van der Waals surface area contributed by atoms with Gasteiger partial charge in [-0.2, -0.15) is 15.3 Å². The number of aromatic nitrogens is 5. The summed E-state index contributed by atoms with van der Waals surface area (Å²) < 4.78 is 22.2. The molecule has 49 heavy (non-hydrogen) atoms. The molecule has 0 spiro atoms. The molecule has 0 radical (unpaired) electrons. The van der Waals surface area contributed by atoms with Gasteiger partial charge in [-0.1, -0.05) is 30.7 Å². The van der Waals surface area contributed by atoms with Crippen molar-refractivity contribution in [3.63, 3.8) is 0 Å². The molecule has 11 nitrogen and oxygen atoms in total. The highest BCUT2D eigenvalue weighted by molar-refractivity contribution is 6.30. The minimum Gasteiger partial charge on any atom is -0.491 e. The molecular weight excluding hydrogens is 642 g/mol. The van der Waals surface area contributed by atoms with Crippen LogP contribution in [0.3, 0.4) is 0 Å². The molecule has 5 aromatic rings. The maximum Gasteiger partial charge on any atom is 0.350 e. The number of benzene rings is 3. The lowest BCUT2D eigenvalue weighted by Gasteiger charge is -2.37. The minimum absolute atomic E-state index is 0.0686. The maximum absolute atomic E-state index is 12.8. The van der Waals surface area contributed by atoms with E-state index in [9.17, 15) is 4.79 Å². The van der Waals surface area contributed by atoms with E-state index in [0.29, 0.717) is 24.7 Å². The number of hydrogen-bond donors (Lipinski definition) is 0. The van der Waals surface area contributed by atoms with Crippen molar-refractivity contribution >= 4 is 23.0 Å². The predicted molar refractivity (Wildman–Crippen MR) is 189 cm³/mol. The molecular formula is C37H40ClN7O4. The highest BCUT2D eigenvalue weighted by Crippen LogP contribution is 2.38. The average Bonchev–Trinajstić information content (AvgIpc) is 3.75. The van der Waals surface area contributed by atoms with Crippen molar-refractivity contribution in [2.45, 2.75) is 44.6 Å². The summed E-state index contributed by atoms with van der Waals surface area (Å²) in [7, 11) is 0. The van der Waals surface area contributed by atoms with Crippen molar-refractivity contribution in [3.8, 4) is 11.4 Å². The first-order valence-corrected chi connectivity index (χ1v) is 17.1. The molecule has 4 heterocycles. The molecule has 12 heteroatoms. The van der Waals surface area contributed by atoms with Crippen LogP contribution >= 0.6 is 11.6 Å². The van der Waals surface area contributed by atoms with E-state index >= 15 is 0 Å². The molecule has 3 aromatic carbocycles. The molecule has 2 aliphatic rings. The van der Waals surface area contributed by atoms with Gasteiger partial charge in [0.1, 0.15) is 24.8 Å². The zero-order chi connectivity index (χ0) is 33.8. The maximum atomic E-state index is 12.8. The van der Waals surface area contributed by atoms with Gasteiger partial charge < -0.3 is 24.0 Å². The third-order valence-corrected chi connectivity index (χ3v) is 9.59. The zero-order valence-electron chi connectivity index (χ0n) is 27.7. The second-order valence-electron chi connectivity index (χ2n) is 12.5. The topological polar surface area (TPSA) is 99.8 Å². The van der Waals surface area contributed by atoms with Gasteiger partial charge in [-0.05, 0) is 85.6 Å². The van der Waals surface area contributed by atoms with E-state index in [0.717, 1.165) is 66.5 Å². The number of hydrogen-bond acceptors (Lipinski definition) is 9. The van der Waals surface area contributed by atoms with Crippen molar-refractivity contribution in [2.75, 3.05) is 49.2 Å². The van der Waals surface area contributed by atoms with Crippen molar-refractivity contribution < 1.29 is 14.2 Å². The molecule has 1 unspecified atom stereocenters. The summed E-state index contributed by atoms with van der Waals surface area (Å²) in [5, 5.41) is 12.9. The van der Waals surface area contributed by atoms with Crippen LogP contribution in [0, 0.1) is 0 Å². The Morgan fingerprint density at radius 1 is 0.898 bits per heavy atom. The number of ether oxygens (including phenoxy) is 3. The lowest BCUT2D eigenvalue weighted by molar-refractivity contribution is -0.178. The predicted octanol–water partition coefficient (Wildman–Crippen LogP) is 5.66. The summed E-state index contributed by atoms with van der Waals surface area (Å²) in [6.45, 7) is 8.40. The first kappa shape index (κ1) is 32.8. The summed E-state index contributed by atoms with van der Waals surface area (Å²) in [6.07, 6.45) is 6.08. The molecule has 0 amide bonds. The van der Waals surface area contributed by atoms with Gasteiger partial charge in [-0.25, -0.2) is 14.0 Å². The van der Waals surface area contributed by atoms with Gasteiger partial charge >= 0.3 is 5.69 Å². The van der Waals surface area contributed by atoms with E-state index in [-0.39, 0.29) is 17.8 Å². The Morgan fingerprint density at radius 2 is 1.55 bits per heavy atom. The van der Waals surface area contributed by atoms with Gasteiger partial charge in [0.15, 0.2) is 5.79 Å². The van der Waals surface area contributed by atoms with Crippen LogP contribution in [0.5, 0.6) is 5.75 Å². The van der Waals surface area contributed by atoms with Gasteiger partial charge in [0, 0.05) is 60.8 Å². The van der Waals surface area contributed by atoms with Crippen LogP contribution in [0.2, 0.25) is 5.02 Å². The van der Waals surface area contributed by atoms with Crippen LogP contribution in [0.15, 0.2) is 102 Å². The first-order chi connectivity index (χ1) is 23.9. The Bertz CT molecular complexity index is 1880. The average molecular weight is 682 g/mol. The molecule has 2 fully saturated rings. The second-order valence-corrected chi connectivity index (χ2v) is 13.0. The molecule has 0 bridgehead atoms. The van der Waals surface area contributed by atoms with Gasteiger partial charge in [0.05, 0.1) is 24.5 Å². The summed E-state index contributed by atoms with van der Waals surface area (Å²) in [6, 6.07) is 25.9. The Morgan fingerprint density at radius 3 is 2.18 bits per heavy atom. The fourth-order valence-electron chi connectivity index (χ4n) is 6.35. The molecule has 0 saturated carbocycles. The highest BCUT2D eigenvalue weighted by Gasteiger charge is 2.43. The van der Waals surface area contributed by atoms with Crippen molar-refractivity contribution in [3.05, 3.63) is 124 Å². The normalized spacial score (nSPS) is 20.0. The largest absolute Gasteiger partial charge is 0.491 e. The summed E-state index contributed by atoms with van der Waals surface area (Å²) >= 11 is 6.16. The number of piperazine rings is 1. The van der Waals surface area contributed by atoms with Gasteiger partial charge in [0.2, 0.25) is 0 Å². The number of anilines is 2. The van der Waals surface area contributed by atoms with E-state index in [2.05, 4.69) is 56.3 Å². The summed E-state index contributed by atoms with van der Waals surface area (Å²) in [4.78, 5) is 17.6. The zero-order valence-corrected chi connectivity index (χ0v) is 28.4. The van der Waals surface area contributed by atoms with Crippen LogP contribution in [0.25, 0.3) is 5.69 Å². The highest BCUT2D eigenvalue weighted by atomic mass is 35.5. The minimum atomic E-state index is -0.966. The van der Waals surface area contributed by atoms with Gasteiger partial charge in [-0.3, -0.25) is 0 Å². The second kappa shape index (κ2) is 14.4. The molecule has 0 aliphatic carbocycles. The first-order valence-electron chi connectivity index (χ1n) is 16.7. The molecule has 7 rings (SSSR count).